The first-order chi connectivity index (χ1) is 10.8. The number of aromatic nitrogens is 1. The van der Waals surface area contributed by atoms with Gasteiger partial charge in [0, 0.05) is 18.7 Å². The molecule has 2 aromatic rings. The topological polar surface area (TPSA) is 101 Å². The fraction of sp³-hybridized carbons (Fsp3) is 0.286. The Labute approximate surface area is 132 Å². The Morgan fingerprint density at radius 2 is 2.09 bits per heavy atom. The summed E-state index contributed by atoms with van der Waals surface area (Å²) in [7, 11) is -3.80. The second kappa shape index (κ2) is 6.88. The lowest BCUT2D eigenvalue weighted by molar-refractivity contribution is -0.116. The van der Waals surface area contributed by atoms with Gasteiger partial charge in [0.15, 0.2) is 5.76 Å². The molecular weight excluding hydrogens is 325 g/mol. The lowest BCUT2D eigenvalue weighted by atomic mass is 10.3. The monoisotopic (exact) mass is 341 g/mol. The number of nitrogens with one attached hydrogen (secondary N) is 2. The smallest absolute Gasteiger partial charge is 0.245 e. The van der Waals surface area contributed by atoms with E-state index in [1.54, 1.807) is 0 Å². The summed E-state index contributed by atoms with van der Waals surface area (Å²) < 4.78 is 44.4. The molecule has 2 rings (SSSR count). The predicted octanol–water partition coefficient (Wildman–Crippen LogP) is 1.74. The molecule has 0 aliphatic carbocycles. The molecule has 1 amide bonds. The number of hydrogen-bond acceptors (Lipinski definition) is 5. The van der Waals surface area contributed by atoms with Gasteiger partial charge in [0.2, 0.25) is 15.9 Å². The maximum atomic E-state index is 13.0. The van der Waals surface area contributed by atoms with E-state index in [4.69, 9.17) is 4.52 Å². The summed E-state index contributed by atoms with van der Waals surface area (Å²) in [6.07, 6.45) is -0.0981. The molecule has 0 fully saturated rings. The van der Waals surface area contributed by atoms with E-state index >= 15 is 0 Å². The Hall–Kier alpha value is -2.26. The van der Waals surface area contributed by atoms with Crippen molar-refractivity contribution in [2.45, 2.75) is 25.2 Å². The molecule has 0 radical (unpaired) electrons. The molecule has 124 valence electrons. The van der Waals surface area contributed by atoms with Crippen LogP contribution in [0.25, 0.3) is 0 Å². The fourth-order valence-electron chi connectivity index (χ4n) is 2.02. The van der Waals surface area contributed by atoms with Gasteiger partial charge in [-0.25, -0.2) is 17.5 Å². The minimum absolute atomic E-state index is 0.0250. The van der Waals surface area contributed by atoms with Crippen molar-refractivity contribution in [2.75, 3.05) is 11.9 Å². The number of halogens is 1. The molecule has 0 saturated heterocycles. The zero-order valence-corrected chi connectivity index (χ0v) is 13.4. The van der Waals surface area contributed by atoms with Crippen LogP contribution in [0.4, 0.5) is 10.1 Å². The van der Waals surface area contributed by atoms with Crippen LogP contribution in [0, 0.1) is 19.7 Å². The highest BCUT2D eigenvalue weighted by molar-refractivity contribution is 7.89. The average Bonchev–Trinajstić information content (AvgIpc) is 2.78. The molecule has 0 atom stereocenters. The number of carbonyl (C=O) groups excluding carboxylic acids is 1. The van der Waals surface area contributed by atoms with Crippen LogP contribution < -0.4 is 10.0 Å². The van der Waals surface area contributed by atoms with Crippen molar-refractivity contribution in [2.24, 2.45) is 0 Å². The number of sulfonamides is 1. The minimum Gasteiger partial charge on any atom is -0.360 e. The lowest BCUT2D eigenvalue weighted by Crippen LogP contribution is -2.28. The SMILES string of the molecule is Cc1noc(C)c1S(=O)(=O)NCCC(=O)Nc1cccc(F)c1. The zero-order chi connectivity index (χ0) is 17.0. The highest BCUT2D eigenvalue weighted by atomic mass is 32.2. The molecule has 0 aliphatic rings. The number of hydrogen-bond donors (Lipinski definition) is 2. The molecule has 0 bridgehead atoms. The first-order valence-corrected chi connectivity index (χ1v) is 8.26. The zero-order valence-electron chi connectivity index (χ0n) is 12.6. The quantitative estimate of drug-likeness (QED) is 0.833. The molecule has 1 aromatic heterocycles. The highest BCUT2D eigenvalue weighted by Gasteiger charge is 2.23. The summed E-state index contributed by atoms with van der Waals surface area (Å²) in [5.41, 5.74) is 0.558. The van der Waals surface area contributed by atoms with Crippen molar-refractivity contribution in [1.82, 2.24) is 9.88 Å². The normalized spacial score (nSPS) is 11.4. The molecule has 0 unspecified atom stereocenters. The first kappa shape index (κ1) is 17.1. The molecule has 1 heterocycles. The number of amides is 1. The summed E-state index contributed by atoms with van der Waals surface area (Å²) in [5.74, 6) is -0.724. The molecule has 2 N–H and O–H groups in total. The van der Waals surface area contributed by atoms with Crippen LogP contribution in [0.2, 0.25) is 0 Å². The van der Waals surface area contributed by atoms with Gasteiger partial charge in [0.1, 0.15) is 16.4 Å². The van der Waals surface area contributed by atoms with E-state index in [1.807, 2.05) is 0 Å². The third-order valence-electron chi connectivity index (χ3n) is 2.99. The van der Waals surface area contributed by atoms with E-state index in [-0.39, 0.29) is 29.3 Å². The van der Waals surface area contributed by atoms with Gasteiger partial charge in [-0.3, -0.25) is 4.79 Å². The van der Waals surface area contributed by atoms with Crippen molar-refractivity contribution in [1.29, 1.82) is 0 Å². The first-order valence-electron chi connectivity index (χ1n) is 6.77. The van der Waals surface area contributed by atoms with E-state index in [9.17, 15) is 17.6 Å². The van der Waals surface area contributed by atoms with Crippen molar-refractivity contribution in [3.05, 3.63) is 41.5 Å². The molecule has 0 aliphatic heterocycles. The van der Waals surface area contributed by atoms with Gasteiger partial charge in [-0.05, 0) is 32.0 Å². The largest absolute Gasteiger partial charge is 0.360 e. The molecular formula is C14H16FN3O4S. The van der Waals surface area contributed by atoms with E-state index in [0.29, 0.717) is 5.69 Å². The van der Waals surface area contributed by atoms with E-state index in [0.717, 1.165) is 0 Å². The van der Waals surface area contributed by atoms with Gasteiger partial charge < -0.3 is 9.84 Å². The number of nitrogens with zero attached hydrogens (tertiary/aromatic N) is 1. The van der Waals surface area contributed by atoms with Crippen LogP contribution in [-0.2, 0) is 14.8 Å². The van der Waals surface area contributed by atoms with Crippen LogP contribution in [-0.4, -0.2) is 26.0 Å². The third-order valence-corrected chi connectivity index (χ3v) is 4.69. The third kappa shape index (κ3) is 4.36. The molecule has 1 aromatic carbocycles. The highest BCUT2D eigenvalue weighted by Crippen LogP contribution is 2.18. The van der Waals surface area contributed by atoms with E-state index in [1.165, 1.54) is 38.1 Å². The summed E-state index contributed by atoms with van der Waals surface area (Å²) in [4.78, 5) is 11.7. The van der Waals surface area contributed by atoms with Crippen LogP contribution >= 0.6 is 0 Å². The molecule has 9 heteroatoms. The summed E-state index contributed by atoms with van der Waals surface area (Å²) in [5, 5.41) is 6.06. The second-order valence-corrected chi connectivity index (χ2v) is 6.56. The van der Waals surface area contributed by atoms with Gasteiger partial charge >= 0.3 is 0 Å². The van der Waals surface area contributed by atoms with Crippen LogP contribution in [0.3, 0.4) is 0 Å². The molecule has 7 nitrogen and oxygen atoms in total. The maximum Gasteiger partial charge on any atom is 0.245 e. The maximum absolute atomic E-state index is 13.0. The minimum atomic E-state index is -3.80. The Kier molecular flexibility index (Phi) is 5.12. The van der Waals surface area contributed by atoms with Crippen LogP contribution in [0.1, 0.15) is 17.9 Å². The number of carbonyl (C=O) groups is 1. The Bertz CT molecular complexity index is 798. The van der Waals surface area contributed by atoms with Gasteiger partial charge in [-0.15, -0.1) is 0 Å². The molecule has 0 saturated carbocycles. The number of rotatable bonds is 6. The van der Waals surface area contributed by atoms with Crippen molar-refractivity contribution < 1.29 is 22.1 Å². The lowest BCUT2D eigenvalue weighted by Gasteiger charge is -2.07. The predicted molar refractivity (Wildman–Crippen MR) is 80.8 cm³/mol. The Morgan fingerprint density at radius 3 is 2.70 bits per heavy atom. The van der Waals surface area contributed by atoms with Crippen LogP contribution in [0.15, 0.2) is 33.7 Å². The Balaban J connectivity index is 1.90. The van der Waals surface area contributed by atoms with Crippen molar-refractivity contribution >= 4 is 21.6 Å². The number of aryl methyl sites for hydroxylation is 2. The standard InChI is InChI=1S/C14H16FN3O4S/c1-9-14(10(2)22-18-9)23(20,21)16-7-6-13(19)17-12-5-3-4-11(15)8-12/h3-5,8,16H,6-7H2,1-2H3,(H,17,19). The van der Waals surface area contributed by atoms with Crippen molar-refractivity contribution in [3.63, 3.8) is 0 Å². The van der Waals surface area contributed by atoms with Gasteiger partial charge in [0.05, 0.1) is 0 Å². The van der Waals surface area contributed by atoms with Crippen molar-refractivity contribution in [3.8, 4) is 0 Å². The molecule has 0 spiro atoms. The van der Waals surface area contributed by atoms with Crippen LogP contribution in [0.5, 0.6) is 0 Å². The molecule has 23 heavy (non-hydrogen) atoms. The number of anilines is 1. The van der Waals surface area contributed by atoms with Gasteiger partial charge in [-0.2, -0.15) is 0 Å². The summed E-state index contributed by atoms with van der Waals surface area (Å²) >= 11 is 0. The van der Waals surface area contributed by atoms with E-state index < -0.39 is 21.7 Å². The van der Waals surface area contributed by atoms with E-state index in [2.05, 4.69) is 15.2 Å². The second-order valence-electron chi connectivity index (χ2n) is 4.86. The summed E-state index contributed by atoms with van der Waals surface area (Å²) in [6, 6.07) is 5.43. The number of benzene rings is 1. The fourth-order valence-corrected chi connectivity index (χ4v) is 3.38. The van der Waals surface area contributed by atoms with Gasteiger partial charge in [0.25, 0.3) is 0 Å². The average molecular weight is 341 g/mol. The summed E-state index contributed by atoms with van der Waals surface area (Å²) in [6.45, 7) is 2.90. The van der Waals surface area contributed by atoms with Gasteiger partial charge in [-0.1, -0.05) is 11.2 Å². The Morgan fingerprint density at radius 1 is 1.35 bits per heavy atom.